The Morgan fingerprint density at radius 3 is 1.49 bits per heavy atom. The molecule has 4 heteroatoms. The van der Waals surface area contributed by atoms with Gasteiger partial charge in [0.15, 0.2) is 0 Å². The minimum atomic E-state index is -0.115. The van der Waals surface area contributed by atoms with Crippen LogP contribution in [-0.2, 0) is 5.41 Å². The van der Waals surface area contributed by atoms with Gasteiger partial charge in [-0.05, 0) is 102 Å². The smallest absolute Gasteiger partial charge is 0.225 e. The Morgan fingerprint density at radius 1 is 0.467 bits per heavy atom. The number of oxazole rings is 2. The number of hydrogen-bond donors (Lipinski definition) is 0. The van der Waals surface area contributed by atoms with Crippen molar-refractivity contribution < 1.29 is 8.83 Å². The average Bonchev–Trinajstić information content (AvgIpc) is 3.86. The molecule has 214 valence electrons. The molecule has 2 heterocycles. The van der Waals surface area contributed by atoms with Crippen LogP contribution in [0.15, 0.2) is 143 Å². The zero-order valence-corrected chi connectivity index (χ0v) is 24.9. The second-order valence-corrected chi connectivity index (χ2v) is 12.2. The minimum Gasteiger partial charge on any atom is -0.445 e. The van der Waals surface area contributed by atoms with Gasteiger partial charge in [0, 0.05) is 16.5 Å². The topological polar surface area (TPSA) is 52.1 Å². The van der Waals surface area contributed by atoms with Crippen LogP contribution in [-0.4, -0.2) is 9.97 Å². The van der Waals surface area contributed by atoms with Gasteiger partial charge in [0.25, 0.3) is 0 Å². The zero-order chi connectivity index (χ0) is 30.1. The standard InChI is InChI=1S/C41H28N2O2/c1-41(2)35-10-6-5-7-29(35)32-23-33-34(24-36(32)41)38(26-13-17-28(18-14-26)40-43-20-22-45-40)31-9-4-3-8-30(31)37(33)25-11-15-27(16-12-25)39-42-19-21-44-39/h3-24H,1-2H3. The van der Waals surface area contributed by atoms with Crippen molar-refractivity contribution in [3.8, 4) is 56.3 Å². The lowest BCUT2D eigenvalue weighted by Crippen LogP contribution is -2.14. The molecule has 0 spiro atoms. The van der Waals surface area contributed by atoms with Crippen LogP contribution in [0.25, 0.3) is 77.8 Å². The van der Waals surface area contributed by atoms with Gasteiger partial charge in [-0.2, -0.15) is 0 Å². The van der Waals surface area contributed by atoms with Crippen LogP contribution in [0, 0.1) is 0 Å². The highest BCUT2D eigenvalue weighted by atomic mass is 16.3. The molecule has 9 rings (SSSR count). The molecule has 6 aromatic carbocycles. The summed E-state index contributed by atoms with van der Waals surface area (Å²) in [6.45, 7) is 4.69. The van der Waals surface area contributed by atoms with E-state index in [4.69, 9.17) is 8.83 Å². The molecule has 1 aliphatic carbocycles. The molecule has 0 fully saturated rings. The van der Waals surface area contributed by atoms with Crippen molar-refractivity contribution in [2.75, 3.05) is 0 Å². The van der Waals surface area contributed by atoms with E-state index in [-0.39, 0.29) is 5.41 Å². The summed E-state index contributed by atoms with van der Waals surface area (Å²) in [5.41, 5.74) is 11.9. The third-order valence-corrected chi connectivity index (χ3v) is 9.43. The van der Waals surface area contributed by atoms with Gasteiger partial charge in [-0.3, -0.25) is 0 Å². The van der Waals surface area contributed by atoms with Crippen molar-refractivity contribution in [3.63, 3.8) is 0 Å². The molecule has 0 saturated heterocycles. The van der Waals surface area contributed by atoms with Gasteiger partial charge in [0.1, 0.15) is 12.5 Å². The van der Waals surface area contributed by atoms with Crippen molar-refractivity contribution in [1.29, 1.82) is 0 Å². The van der Waals surface area contributed by atoms with Crippen LogP contribution in [0.3, 0.4) is 0 Å². The molecule has 1 aliphatic rings. The summed E-state index contributed by atoms with van der Waals surface area (Å²) in [5.74, 6) is 1.24. The number of fused-ring (bicyclic) bond motifs is 5. The highest BCUT2D eigenvalue weighted by Crippen LogP contribution is 2.53. The average molecular weight is 581 g/mol. The Hall–Kier alpha value is -5.74. The number of hydrogen-bond acceptors (Lipinski definition) is 4. The molecule has 0 N–H and O–H groups in total. The van der Waals surface area contributed by atoms with Gasteiger partial charge in [-0.25, -0.2) is 9.97 Å². The molecular formula is C41H28N2O2. The predicted octanol–water partition coefficient (Wildman–Crippen LogP) is 10.9. The Kier molecular flexibility index (Phi) is 5.51. The van der Waals surface area contributed by atoms with E-state index < -0.39 is 0 Å². The summed E-state index contributed by atoms with van der Waals surface area (Å²) in [5, 5.41) is 4.90. The minimum absolute atomic E-state index is 0.115. The molecule has 0 radical (unpaired) electrons. The van der Waals surface area contributed by atoms with Crippen molar-refractivity contribution in [2.24, 2.45) is 0 Å². The van der Waals surface area contributed by atoms with E-state index in [1.165, 1.54) is 54.9 Å². The molecule has 0 aliphatic heterocycles. The fraction of sp³-hybridized carbons (Fsp3) is 0.0732. The fourth-order valence-electron chi connectivity index (χ4n) is 7.28. The maximum Gasteiger partial charge on any atom is 0.225 e. The molecule has 8 aromatic rings. The fourth-order valence-corrected chi connectivity index (χ4v) is 7.28. The molecule has 0 unspecified atom stereocenters. The van der Waals surface area contributed by atoms with E-state index in [1.807, 2.05) is 0 Å². The molecule has 0 atom stereocenters. The van der Waals surface area contributed by atoms with Gasteiger partial charge >= 0.3 is 0 Å². The first-order valence-electron chi connectivity index (χ1n) is 15.2. The monoisotopic (exact) mass is 580 g/mol. The van der Waals surface area contributed by atoms with Crippen molar-refractivity contribution in [3.05, 3.63) is 145 Å². The van der Waals surface area contributed by atoms with Gasteiger partial charge < -0.3 is 8.83 Å². The summed E-state index contributed by atoms with van der Waals surface area (Å²) in [6, 6.07) is 39.7. The lowest BCUT2D eigenvalue weighted by Gasteiger charge is -2.24. The molecule has 45 heavy (non-hydrogen) atoms. The first-order chi connectivity index (χ1) is 22.1. The van der Waals surface area contributed by atoms with Gasteiger partial charge in [-0.1, -0.05) is 86.6 Å². The SMILES string of the molecule is CC1(C)c2ccccc2-c2cc3c(-c4ccc(-c5ncco5)cc4)c4ccccc4c(-c4ccc(-c5ncco5)cc4)c3cc21. The molecule has 0 bridgehead atoms. The molecule has 0 amide bonds. The first-order valence-corrected chi connectivity index (χ1v) is 15.2. The van der Waals surface area contributed by atoms with Crippen LogP contribution in [0.2, 0.25) is 0 Å². The molecular weight excluding hydrogens is 552 g/mol. The summed E-state index contributed by atoms with van der Waals surface area (Å²) < 4.78 is 11.2. The Morgan fingerprint density at radius 2 is 0.956 bits per heavy atom. The van der Waals surface area contributed by atoms with Gasteiger partial charge in [0.05, 0.1) is 12.4 Å². The second-order valence-electron chi connectivity index (χ2n) is 12.2. The van der Waals surface area contributed by atoms with Crippen LogP contribution in [0.4, 0.5) is 0 Å². The van der Waals surface area contributed by atoms with Crippen molar-refractivity contribution in [2.45, 2.75) is 19.3 Å². The quantitative estimate of drug-likeness (QED) is 0.194. The number of aromatic nitrogens is 2. The number of nitrogens with zero attached hydrogens (tertiary/aromatic N) is 2. The summed E-state index contributed by atoms with van der Waals surface area (Å²) in [7, 11) is 0. The van der Waals surface area contributed by atoms with E-state index in [1.54, 1.807) is 24.9 Å². The van der Waals surface area contributed by atoms with Crippen LogP contribution in [0.5, 0.6) is 0 Å². The van der Waals surface area contributed by atoms with E-state index in [0.29, 0.717) is 11.8 Å². The number of benzene rings is 6. The molecule has 2 aromatic heterocycles. The van der Waals surface area contributed by atoms with Crippen LogP contribution < -0.4 is 0 Å². The summed E-state index contributed by atoms with van der Waals surface area (Å²) >= 11 is 0. The summed E-state index contributed by atoms with van der Waals surface area (Å²) in [6.07, 6.45) is 6.59. The predicted molar refractivity (Wildman–Crippen MR) is 181 cm³/mol. The third kappa shape index (κ3) is 3.85. The molecule has 0 saturated carbocycles. The van der Waals surface area contributed by atoms with Crippen LogP contribution >= 0.6 is 0 Å². The third-order valence-electron chi connectivity index (χ3n) is 9.43. The second kappa shape index (κ2) is 9.63. The Labute approximate surface area is 260 Å². The van der Waals surface area contributed by atoms with Crippen LogP contribution in [0.1, 0.15) is 25.0 Å². The van der Waals surface area contributed by atoms with E-state index in [2.05, 4.69) is 133 Å². The normalized spacial score (nSPS) is 13.3. The summed E-state index contributed by atoms with van der Waals surface area (Å²) in [4.78, 5) is 8.71. The maximum atomic E-state index is 5.59. The lowest BCUT2D eigenvalue weighted by molar-refractivity contribution is 0.574. The number of rotatable bonds is 4. The van der Waals surface area contributed by atoms with E-state index >= 15 is 0 Å². The van der Waals surface area contributed by atoms with E-state index in [0.717, 1.165) is 22.3 Å². The zero-order valence-electron chi connectivity index (χ0n) is 24.9. The lowest BCUT2D eigenvalue weighted by atomic mass is 9.79. The first kappa shape index (κ1) is 25.7. The molecule has 4 nitrogen and oxygen atoms in total. The largest absolute Gasteiger partial charge is 0.445 e. The Bertz CT molecular complexity index is 2370. The maximum absolute atomic E-state index is 5.59. The van der Waals surface area contributed by atoms with Gasteiger partial charge in [0.2, 0.25) is 11.8 Å². The highest BCUT2D eigenvalue weighted by Gasteiger charge is 2.36. The highest BCUT2D eigenvalue weighted by molar-refractivity contribution is 6.22. The van der Waals surface area contributed by atoms with Crippen molar-refractivity contribution >= 4 is 21.5 Å². The van der Waals surface area contributed by atoms with Crippen molar-refractivity contribution in [1.82, 2.24) is 9.97 Å². The Balaban J connectivity index is 1.37. The van der Waals surface area contributed by atoms with Gasteiger partial charge in [-0.15, -0.1) is 0 Å². The van der Waals surface area contributed by atoms with E-state index in [9.17, 15) is 0 Å².